The van der Waals surface area contributed by atoms with Gasteiger partial charge in [0.2, 0.25) is 0 Å². The van der Waals surface area contributed by atoms with Crippen molar-refractivity contribution in [3.8, 4) is 5.75 Å². The van der Waals surface area contributed by atoms with Crippen molar-refractivity contribution in [2.75, 3.05) is 18.5 Å². The third-order valence-corrected chi connectivity index (χ3v) is 5.12. The highest BCUT2D eigenvalue weighted by atomic mass is 79.9. The van der Waals surface area contributed by atoms with Crippen LogP contribution in [-0.2, 0) is 5.41 Å². The van der Waals surface area contributed by atoms with Crippen molar-refractivity contribution < 1.29 is 9.53 Å². The summed E-state index contributed by atoms with van der Waals surface area (Å²) in [6.45, 7) is 9.48. The highest BCUT2D eigenvalue weighted by Crippen LogP contribution is 2.31. The molecule has 4 nitrogen and oxygen atoms in total. The van der Waals surface area contributed by atoms with Crippen LogP contribution < -0.4 is 15.4 Å². The standard InChI is InChI=1S/C21H26BrClN2O2/c1-14-6-8-16(13-18(14)23)25-20(26)24-10-5-11-27-19-9-7-15(12-17(19)22)21(2,3)4/h6-9,12-13H,5,10-11H2,1-4H3,(H2,24,25,26). The summed E-state index contributed by atoms with van der Waals surface area (Å²) in [6.07, 6.45) is 0.704. The van der Waals surface area contributed by atoms with Crippen LogP contribution in [-0.4, -0.2) is 19.2 Å². The van der Waals surface area contributed by atoms with Gasteiger partial charge in [-0.3, -0.25) is 0 Å². The van der Waals surface area contributed by atoms with Crippen molar-refractivity contribution in [2.24, 2.45) is 0 Å². The van der Waals surface area contributed by atoms with Gasteiger partial charge in [-0.15, -0.1) is 0 Å². The normalized spacial score (nSPS) is 11.2. The number of nitrogens with one attached hydrogen (secondary N) is 2. The molecule has 0 heterocycles. The van der Waals surface area contributed by atoms with Crippen LogP contribution in [0, 0.1) is 6.92 Å². The average Bonchev–Trinajstić information content (AvgIpc) is 2.58. The van der Waals surface area contributed by atoms with E-state index in [0.29, 0.717) is 30.3 Å². The number of carbonyl (C=O) groups excluding carboxylic acids is 1. The monoisotopic (exact) mass is 452 g/mol. The molecule has 0 radical (unpaired) electrons. The molecule has 0 fully saturated rings. The molecule has 0 unspecified atom stereocenters. The summed E-state index contributed by atoms with van der Waals surface area (Å²) in [4.78, 5) is 11.9. The van der Waals surface area contributed by atoms with Gasteiger partial charge in [0.1, 0.15) is 5.75 Å². The molecular formula is C21H26BrClN2O2. The van der Waals surface area contributed by atoms with E-state index in [9.17, 15) is 4.79 Å². The summed E-state index contributed by atoms with van der Waals surface area (Å²) in [7, 11) is 0. The number of ether oxygens (including phenoxy) is 1. The second-order valence-corrected chi connectivity index (χ2v) is 8.70. The number of aryl methyl sites for hydroxylation is 1. The van der Waals surface area contributed by atoms with Crippen LogP contribution >= 0.6 is 27.5 Å². The van der Waals surface area contributed by atoms with Crippen molar-refractivity contribution in [1.29, 1.82) is 0 Å². The topological polar surface area (TPSA) is 50.4 Å². The molecule has 0 aliphatic carbocycles. The fourth-order valence-electron chi connectivity index (χ4n) is 2.39. The van der Waals surface area contributed by atoms with Gasteiger partial charge in [0.05, 0.1) is 11.1 Å². The number of carbonyl (C=O) groups is 1. The Hall–Kier alpha value is -1.72. The summed E-state index contributed by atoms with van der Waals surface area (Å²) in [6, 6.07) is 11.3. The number of hydrogen-bond acceptors (Lipinski definition) is 2. The van der Waals surface area contributed by atoms with E-state index in [1.807, 2.05) is 25.1 Å². The molecular weight excluding hydrogens is 428 g/mol. The van der Waals surface area contributed by atoms with E-state index in [4.69, 9.17) is 16.3 Å². The highest BCUT2D eigenvalue weighted by molar-refractivity contribution is 9.10. The Morgan fingerprint density at radius 1 is 1.19 bits per heavy atom. The lowest BCUT2D eigenvalue weighted by Gasteiger charge is -2.20. The Morgan fingerprint density at radius 2 is 1.93 bits per heavy atom. The Bertz CT molecular complexity index is 803. The average molecular weight is 454 g/mol. The van der Waals surface area contributed by atoms with Crippen LogP contribution in [0.15, 0.2) is 40.9 Å². The molecule has 0 spiro atoms. The molecule has 0 atom stereocenters. The third-order valence-electron chi connectivity index (χ3n) is 4.09. The quantitative estimate of drug-likeness (QED) is 0.504. The van der Waals surface area contributed by atoms with E-state index in [1.54, 1.807) is 6.07 Å². The van der Waals surface area contributed by atoms with E-state index in [2.05, 4.69) is 59.5 Å². The van der Waals surface area contributed by atoms with Crippen molar-refractivity contribution in [3.63, 3.8) is 0 Å². The largest absolute Gasteiger partial charge is 0.492 e. The van der Waals surface area contributed by atoms with Crippen LogP contribution in [0.3, 0.4) is 0 Å². The lowest BCUT2D eigenvalue weighted by molar-refractivity contribution is 0.250. The van der Waals surface area contributed by atoms with Gasteiger partial charge in [-0.1, -0.05) is 44.5 Å². The molecule has 0 aliphatic heterocycles. The molecule has 2 amide bonds. The molecule has 2 aromatic rings. The lowest BCUT2D eigenvalue weighted by atomic mass is 9.87. The molecule has 0 bridgehead atoms. The van der Waals surface area contributed by atoms with Gasteiger partial charge >= 0.3 is 6.03 Å². The zero-order valence-corrected chi connectivity index (χ0v) is 18.5. The van der Waals surface area contributed by atoms with E-state index in [1.165, 1.54) is 5.56 Å². The molecule has 6 heteroatoms. The predicted molar refractivity (Wildman–Crippen MR) is 116 cm³/mol. The summed E-state index contributed by atoms with van der Waals surface area (Å²) in [5.74, 6) is 0.807. The van der Waals surface area contributed by atoms with Crippen LogP contribution in [0.5, 0.6) is 5.75 Å². The van der Waals surface area contributed by atoms with Gasteiger partial charge in [0.25, 0.3) is 0 Å². The molecule has 2 aromatic carbocycles. The van der Waals surface area contributed by atoms with Crippen molar-refractivity contribution in [1.82, 2.24) is 5.32 Å². The number of anilines is 1. The summed E-state index contributed by atoms with van der Waals surface area (Å²) >= 11 is 9.62. The Kier molecular flexibility index (Phi) is 7.57. The number of benzene rings is 2. The first-order valence-corrected chi connectivity index (χ1v) is 10.1. The Balaban J connectivity index is 1.72. The highest BCUT2D eigenvalue weighted by Gasteiger charge is 2.15. The molecule has 0 saturated carbocycles. The van der Waals surface area contributed by atoms with Gasteiger partial charge in [-0.05, 0) is 70.1 Å². The zero-order valence-electron chi connectivity index (χ0n) is 16.2. The molecule has 0 aliphatic rings. The first-order chi connectivity index (χ1) is 12.7. The first kappa shape index (κ1) is 21.6. The summed E-state index contributed by atoms with van der Waals surface area (Å²) in [5, 5.41) is 6.20. The maximum absolute atomic E-state index is 11.9. The molecule has 27 heavy (non-hydrogen) atoms. The van der Waals surface area contributed by atoms with Gasteiger partial charge < -0.3 is 15.4 Å². The van der Waals surface area contributed by atoms with Crippen LogP contribution in [0.4, 0.5) is 10.5 Å². The maximum Gasteiger partial charge on any atom is 0.319 e. The summed E-state index contributed by atoms with van der Waals surface area (Å²) in [5.41, 5.74) is 2.99. The van der Waals surface area contributed by atoms with E-state index in [0.717, 1.165) is 15.8 Å². The lowest BCUT2D eigenvalue weighted by Crippen LogP contribution is -2.30. The smallest absolute Gasteiger partial charge is 0.319 e. The minimum Gasteiger partial charge on any atom is -0.492 e. The van der Waals surface area contributed by atoms with Gasteiger partial charge in [0.15, 0.2) is 0 Å². The van der Waals surface area contributed by atoms with E-state index in [-0.39, 0.29) is 11.4 Å². The SMILES string of the molecule is Cc1ccc(NC(=O)NCCCOc2ccc(C(C)(C)C)cc2Br)cc1Cl. The first-order valence-electron chi connectivity index (χ1n) is 8.90. The minimum absolute atomic E-state index is 0.0972. The van der Waals surface area contributed by atoms with Gasteiger partial charge in [0, 0.05) is 17.3 Å². The predicted octanol–water partition coefficient (Wildman–Crippen LogP) is 6.30. The van der Waals surface area contributed by atoms with E-state index >= 15 is 0 Å². The fourth-order valence-corrected chi connectivity index (χ4v) is 3.06. The van der Waals surface area contributed by atoms with Crippen molar-refractivity contribution >= 4 is 39.2 Å². The number of rotatable bonds is 6. The Labute approximate surface area is 174 Å². The number of urea groups is 1. The van der Waals surface area contributed by atoms with Gasteiger partial charge in [-0.2, -0.15) is 0 Å². The van der Waals surface area contributed by atoms with E-state index < -0.39 is 0 Å². The van der Waals surface area contributed by atoms with Crippen LogP contribution in [0.2, 0.25) is 5.02 Å². The number of amides is 2. The fraction of sp³-hybridized carbons (Fsp3) is 0.381. The third kappa shape index (κ3) is 6.74. The molecule has 0 aromatic heterocycles. The maximum atomic E-state index is 11.9. The summed E-state index contributed by atoms with van der Waals surface area (Å²) < 4.78 is 6.74. The number of halogens is 2. The second-order valence-electron chi connectivity index (χ2n) is 7.44. The van der Waals surface area contributed by atoms with Crippen LogP contribution in [0.25, 0.3) is 0 Å². The van der Waals surface area contributed by atoms with Crippen molar-refractivity contribution in [3.05, 3.63) is 57.0 Å². The zero-order chi connectivity index (χ0) is 20.0. The minimum atomic E-state index is -0.259. The van der Waals surface area contributed by atoms with Gasteiger partial charge in [-0.25, -0.2) is 4.79 Å². The molecule has 146 valence electrons. The molecule has 2 rings (SSSR count). The Morgan fingerprint density at radius 3 is 2.56 bits per heavy atom. The van der Waals surface area contributed by atoms with Crippen molar-refractivity contribution in [2.45, 2.75) is 39.5 Å². The van der Waals surface area contributed by atoms with Crippen LogP contribution in [0.1, 0.15) is 38.3 Å². The molecule has 2 N–H and O–H groups in total. The second kappa shape index (κ2) is 9.47. The number of hydrogen-bond donors (Lipinski definition) is 2. The molecule has 0 saturated heterocycles.